The van der Waals surface area contributed by atoms with Crippen LogP contribution in [-0.2, 0) is 10.0 Å². The summed E-state index contributed by atoms with van der Waals surface area (Å²) in [6.45, 7) is 5.60. The van der Waals surface area contributed by atoms with E-state index in [0.717, 1.165) is 10.0 Å². The molecule has 0 aliphatic heterocycles. The van der Waals surface area contributed by atoms with Crippen molar-refractivity contribution in [1.29, 1.82) is 0 Å². The number of hydrogen-bond donors (Lipinski definition) is 1. The fourth-order valence-electron chi connectivity index (χ4n) is 1.23. The number of rotatable bonds is 4. The number of aromatic nitrogens is 1. The van der Waals surface area contributed by atoms with E-state index in [0.29, 0.717) is 5.82 Å². The van der Waals surface area contributed by atoms with Crippen molar-refractivity contribution < 1.29 is 8.42 Å². The van der Waals surface area contributed by atoms with Gasteiger partial charge in [-0.15, -0.1) is 0 Å². The topological polar surface area (TPSA) is 59.1 Å². The molecule has 0 radical (unpaired) electrons. The van der Waals surface area contributed by atoms with Gasteiger partial charge in [0, 0.05) is 10.7 Å². The lowest BCUT2D eigenvalue weighted by Gasteiger charge is -2.09. The predicted octanol–water partition coefficient (Wildman–Crippen LogP) is 2.55. The molecule has 0 saturated heterocycles. The minimum absolute atomic E-state index is 0.0917. The van der Waals surface area contributed by atoms with Gasteiger partial charge in [-0.05, 0) is 40.4 Å². The van der Waals surface area contributed by atoms with Gasteiger partial charge in [-0.25, -0.2) is 13.4 Å². The number of sulfonamides is 1. The summed E-state index contributed by atoms with van der Waals surface area (Å²) in [7, 11) is -3.29. The van der Waals surface area contributed by atoms with Gasteiger partial charge in [0.2, 0.25) is 10.0 Å². The molecule has 0 atom stereocenters. The summed E-state index contributed by atoms with van der Waals surface area (Å²) < 4.78 is 26.6. The highest BCUT2D eigenvalue weighted by Crippen LogP contribution is 2.18. The van der Waals surface area contributed by atoms with Gasteiger partial charge in [0.1, 0.15) is 5.82 Å². The lowest BCUT2D eigenvalue weighted by atomic mass is 10.3. The largest absolute Gasteiger partial charge is 0.267 e. The Morgan fingerprint density at radius 2 is 2.12 bits per heavy atom. The van der Waals surface area contributed by atoms with Crippen LogP contribution in [-0.4, -0.2) is 19.2 Å². The number of pyridine rings is 1. The highest BCUT2D eigenvalue weighted by molar-refractivity contribution is 9.10. The number of nitrogens with zero attached hydrogens (tertiary/aromatic N) is 1. The van der Waals surface area contributed by atoms with Crippen molar-refractivity contribution in [2.45, 2.75) is 20.8 Å². The first-order chi connectivity index (χ1) is 7.30. The number of hydrogen-bond acceptors (Lipinski definition) is 3. The van der Waals surface area contributed by atoms with Crippen LogP contribution in [0.5, 0.6) is 0 Å². The zero-order chi connectivity index (χ0) is 12.3. The van der Waals surface area contributed by atoms with Crippen molar-refractivity contribution in [2.75, 3.05) is 10.5 Å². The van der Waals surface area contributed by atoms with E-state index < -0.39 is 10.0 Å². The van der Waals surface area contributed by atoms with Crippen LogP contribution < -0.4 is 4.72 Å². The van der Waals surface area contributed by atoms with Crippen molar-refractivity contribution in [1.82, 2.24) is 4.98 Å². The van der Waals surface area contributed by atoms with Crippen LogP contribution >= 0.6 is 15.9 Å². The Balaban J connectivity index is 2.84. The minimum atomic E-state index is -3.29. The van der Waals surface area contributed by atoms with E-state index in [2.05, 4.69) is 25.6 Å². The van der Waals surface area contributed by atoms with E-state index in [1.807, 2.05) is 20.8 Å². The number of aryl methyl sites for hydroxylation is 1. The third-order valence-corrected chi connectivity index (χ3v) is 4.32. The van der Waals surface area contributed by atoms with Gasteiger partial charge in [0.25, 0.3) is 0 Å². The molecule has 1 aromatic rings. The maximum atomic E-state index is 11.6. The molecule has 0 fully saturated rings. The molecule has 1 heterocycles. The third kappa shape index (κ3) is 4.09. The quantitative estimate of drug-likeness (QED) is 0.930. The van der Waals surface area contributed by atoms with Crippen molar-refractivity contribution in [3.05, 3.63) is 22.3 Å². The molecule has 0 aromatic carbocycles. The van der Waals surface area contributed by atoms with Gasteiger partial charge in [0.05, 0.1) is 5.75 Å². The number of anilines is 1. The van der Waals surface area contributed by atoms with Crippen LogP contribution in [0.1, 0.15) is 19.4 Å². The SMILES string of the molecule is Cc1cc(NS(=O)(=O)CC(C)C)ncc1Br. The van der Waals surface area contributed by atoms with Crippen molar-refractivity contribution in [3.8, 4) is 0 Å². The Labute approximate surface area is 105 Å². The summed E-state index contributed by atoms with van der Waals surface area (Å²) in [5.41, 5.74) is 0.942. The zero-order valence-corrected chi connectivity index (χ0v) is 11.9. The normalized spacial score (nSPS) is 11.8. The summed E-state index contributed by atoms with van der Waals surface area (Å²) in [6.07, 6.45) is 1.59. The van der Waals surface area contributed by atoms with Crippen molar-refractivity contribution >= 4 is 31.8 Å². The minimum Gasteiger partial charge on any atom is -0.267 e. The maximum Gasteiger partial charge on any atom is 0.234 e. The molecule has 1 rings (SSSR count). The summed E-state index contributed by atoms with van der Waals surface area (Å²) in [6, 6.07) is 1.70. The van der Waals surface area contributed by atoms with Crippen LogP contribution in [0, 0.1) is 12.8 Å². The second-order valence-electron chi connectivity index (χ2n) is 4.10. The highest BCUT2D eigenvalue weighted by atomic mass is 79.9. The van der Waals surface area contributed by atoms with E-state index >= 15 is 0 Å². The summed E-state index contributed by atoms with van der Waals surface area (Å²) in [5, 5.41) is 0. The fourth-order valence-corrected chi connectivity index (χ4v) is 2.84. The Kier molecular flexibility index (Phi) is 4.32. The molecule has 1 aromatic heterocycles. The lowest BCUT2D eigenvalue weighted by molar-refractivity contribution is 0.587. The van der Waals surface area contributed by atoms with Crippen LogP contribution in [0.25, 0.3) is 0 Å². The van der Waals surface area contributed by atoms with Crippen molar-refractivity contribution in [2.24, 2.45) is 5.92 Å². The van der Waals surface area contributed by atoms with Gasteiger partial charge in [-0.3, -0.25) is 4.72 Å². The van der Waals surface area contributed by atoms with Gasteiger partial charge >= 0.3 is 0 Å². The van der Waals surface area contributed by atoms with Crippen LogP contribution in [0.15, 0.2) is 16.7 Å². The van der Waals surface area contributed by atoms with Gasteiger partial charge in [-0.1, -0.05) is 13.8 Å². The van der Waals surface area contributed by atoms with E-state index in [4.69, 9.17) is 0 Å². The molecule has 0 spiro atoms. The highest BCUT2D eigenvalue weighted by Gasteiger charge is 2.13. The summed E-state index contributed by atoms with van der Waals surface area (Å²) in [5.74, 6) is 0.555. The summed E-state index contributed by atoms with van der Waals surface area (Å²) >= 11 is 3.31. The molecule has 4 nitrogen and oxygen atoms in total. The van der Waals surface area contributed by atoms with Gasteiger partial charge < -0.3 is 0 Å². The van der Waals surface area contributed by atoms with Gasteiger partial charge in [0.15, 0.2) is 0 Å². The molecule has 6 heteroatoms. The number of halogens is 1. The zero-order valence-electron chi connectivity index (χ0n) is 9.49. The molecule has 0 unspecified atom stereocenters. The Morgan fingerprint density at radius 1 is 1.50 bits per heavy atom. The Hall–Kier alpha value is -0.620. The van der Waals surface area contributed by atoms with Crippen LogP contribution in [0.2, 0.25) is 0 Å². The second kappa shape index (κ2) is 5.14. The van der Waals surface area contributed by atoms with Gasteiger partial charge in [-0.2, -0.15) is 0 Å². The molecule has 0 amide bonds. The third-order valence-electron chi connectivity index (χ3n) is 1.86. The van der Waals surface area contributed by atoms with E-state index in [-0.39, 0.29) is 11.7 Å². The molecule has 90 valence electrons. The predicted molar refractivity (Wildman–Crippen MR) is 68.9 cm³/mol. The average molecular weight is 307 g/mol. The number of nitrogens with one attached hydrogen (secondary N) is 1. The lowest BCUT2D eigenvalue weighted by Crippen LogP contribution is -2.20. The molecule has 16 heavy (non-hydrogen) atoms. The van der Waals surface area contributed by atoms with Crippen LogP contribution in [0.4, 0.5) is 5.82 Å². The summed E-state index contributed by atoms with van der Waals surface area (Å²) in [4.78, 5) is 3.99. The standard InChI is InChI=1S/C10H15BrN2O2S/c1-7(2)6-16(14,15)13-10-4-8(3)9(11)5-12-10/h4-5,7H,6H2,1-3H3,(H,12,13). The monoisotopic (exact) mass is 306 g/mol. The van der Waals surface area contributed by atoms with Crippen LogP contribution in [0.3, 0.4) is 0 Å². The molecule has 0 aliphatic rings. The molecule has 1 N–H and O–H groups in total. The first-order valence-electron chi connectivity index (χ1n) is 4.93. The van der Waals surface area contributed by atoms with E-state index in [9.17, 15) is 8.42 Å². The molecular weight excluding hydrogens is 292 g/mol. The average Bonchev–Trinajstić information content (AvgIpc) is 2.08. The molecular formula is C10H15BrN2O2S. The maximum absolute atomic E-state index is 11.6. The van der Waals surface area contributed by atoms with E-state index in [1.165, 1.54) is 0 Å². The van der Waals surface area contributed by atoms with Crippen molar-refractivity contribution in [3.63, 3.8) is 0 Å². The smallest absolute Gasteiger partial charge is 0.234 e. The second-order valence-corrected chi connectivity index (χ2v) is 6.72. The first-order valence-corrected chi connectivity index (χ1v) is 7.37. The Morgan fingerprint density at radius 3 is 2.62 bits per heavy atom. The fraction of sp³-hybridized carbons (Fsp3) is 0.500. The van der Waals surface area contributed by atoms with E-state index in [1.54, 1.807) is 12.3 Å². The first kappa shape index (κ1) is 13.4. The Bertz CT molecular complexity index is 472. The molecule has 0 saturated carbocycles. The molecule has 0 bridgehead atoms. The molecule has 0 aliphatic carbocycles.